The Morgan fingerprint density at radius 3 is 2.68 bits per heavy atom. The molecule has 0 bridgehead atoms. The number of aromatic nitrogens is 3. The highest BCUT2D eigenvalue weighted by molar-refractivity contribution is 7.89. The number of nitro benzene ring substituents is 1. The van der Waals surface area contributed by atoms with E-state index in [2.05, 4.69) is 14.7 Å². The van der Waals surface area contributed by atoms with Gasteiger partial charge in [0.1, 0.15) is 11.3 Å². The molecular weight excluding hydrogens is 442 g/mol. The minimum absolute atomic E-state index is 0.133. The number of nitrogens with zero attached hydrogens (tertiary/aromatic N) is 4. The Bertz CT molecular complexity index is 1390. The molecule has 2 heterocycles. The van der Waals surface area contributed by atoms with Crippen molar-refractivity contribution in [2.24, 2.45) is 0 Å². The minimum Gasteiger partial charge on any atom is -0.307 e. The van der Waals surface area contributed by atoms with E-state index in [1.165, 1.54) is 18.2 Å². The Balaban J connectivity index is 1.66. The van der Waals surface area contributed by atoms with E-state index in [-0.39, 0.29) is 17.1 Å². The number of non-ortho nitro benzene ring substituents is 1. The normalized spacial score (nSPS) is 11.6. The van der Waals surface area contributed by atoms with Gasteiger partial charge in [0.2, 0.25) is 10.0 Å². The van der Waals surface area contributed by atoms with Crippen LogP contribution in [0, 0.1) is 10.1 Å². The zero-order valence-corrected chi connectivity index (χ0v) is 17.5. The molecule has 0 aliphatic rings. The summed E-state index contributed by atoms with van der Waals surface area (Å²) in [6.07, 6.45) is 1.63. The third-order valence-corrected chi connectivity index (χ3v) is 6.40. The van der Waals surface area contributed by atoms with Crippen molar-refractivity contribution >= 4 is 38.5 Å². The fourth-order valence-electron chi connectivity index (χ4n) is 3.11. The largest absolute Gasteiger partial charge is 0.307 e. The predicted octanol–water partition coefficient (Wildman–Crippen LogP) is 3.52. The third kappa shape index (κ3) is 4.41. The van der Waals surface area contributed by atoms with Gasteiger partial charge in [0.15, 0.2) is 5.65 Å². The quantitative estimate of drug-likeness (QED) is 0.335. The summed E-state index contributed by atoms with van der Waals surface area (Å²) >= 11 is 6.29. The molecule has 4 rings (SSSR count). The van der Waals surface area contributed by atoms with E-state index < -0.39 is 14.9 Å². The lowest BCUT2D eigenvalue weighted by Gasteiger charge is -2.11. The van der Waals surface area contributed by atoms with Crippen molar-refractivity contribution in [3.05, 3.63) is 93.4 Å². The van der Waals surface area contributed by atoms with Crippen LogP contribution in [-0.4, -0.2) is 27.9 Å². The number of nitrogens with one attached hydrogen (secondary N) is 1. The van der Waals surface area contributed by atoms with E-state index in [1.54, 1.807) is 29.0 Å². The summed E-state index contributed by atoms with van der Waals surface area (Å²) in [5.74, 6) is 0.433. The fraction of sp³-hybridized carbons (Fsp3) is 0.100. The molecule has 158 valence electrons. The molecule has 0 aliphatic heterocycles. The van der Waals surface area contributed by atoms with Gasteiger partial charge in [-0.25, -0.2) is 23.1 Å². The topological polar surface area (TPSA) is 120 Å². The highest BCUT2D eigenvalue weighted by atomic mass is 35.5. The number of rotatable bonds is 7. The molecule has 0 aliphatic carbocycles. The van der Waals surface area contributed by atoms with Crippen LogP contribution in [0.1, 0.15) is 11.4 Å². The van der Waals surface area contributed by atoms with Gasteiger partial charge in [-0.15, -0.1) is 0 Å². The smallest absolute Gasteiger partial charge is 0.270 e. The van der Waals surface area contributed by atoms with Crippen molar-refractivity contribution in [1.29, 1.82) is 0 Å². The molecule has 2 aromatic carbocycles. The molecule has 2 aromatic heterocycles. The SMILES string of the molecule is O=[N+]([O-])c1cccc(S(=O)(=O)NCc2nc3cccnc3n2Cc2ccccc2Cl)c1. The second kappa shape index (κ2) is 8.42. The molecule has 9 nitrogen and oxygen atoms in total. The second-order valence-corrected chi connectivity index (χ2v) is 8.80. The van der Waals surface area contributed by atoms with Gasteiger partial charge in [0.05, 0.1) is 22.9 Å². The molecule has 0 amide bonds. The summed E-state index contributed by atoms with van der Waals surface area (Å²) in [6, 6.07) is 15.7. The number of fused-ring (bicyclic) bond motifs is 1. The number of nitro groups is 1. The van der Waals surface area contributed by atoms with Crippen molar-refractivity contribution in [3.8, 4) is 0 Å². The molecule has 0 radical (unpaired) electrons. The Kier molecular flexibility index (Phi) is 5.68. The van der Waals surface area contributed by atoms with E-state index in [0.717, 1.165) is 11.6 Å². The maximum absolute atomic E-state index is 12.7. The molecular formula is C20H16ClN5O4S. The summed E-state index contributed by atoms with van der Waals surface area (Å²) in [5, 5.41) is 11.5. The summed E-state index contributed by atoms with van der Waals surface area (Å²) in [4.78, 5) is 19.0. The minimum atomic E-state index is -4.00. The van der Waals surface area contributed by atoms with Crippen LogP contribution in [-0.2, 0) is 23.1 Å². The van der Waals surface area contributed by atoms with Crippen LogP contribution < -0.4 is 4.72 Å². The van der Waals surface area contributed by atoms with Crippen molar-refractivity contribution in [2.45, 2.75) is 18.0 Å². The number of pyridine rings is 1. The van der Waals surface area contributed by atoms with Crippen LogP contribution in [0.4, 0.5) is 5.69 Å². The van der Waals surface area contributed by atoms with Gasteiger partial charge in [-0.3, -0.25) is 10.1 Å². The van der Waals surface area contributed by atoms with Gasteiger partial charge in [-0.05, 0) is 29.8 Å². The second-order valence-electron chi connectivity index (χ2n) is 6.63. The molecule has 0 saturated heterocycles. The van der Waals surface area contributed by atoms with Crippen molar-refractivity contribution in [1.82, 2.24) is 19.3 Å². The number of sulfonamides is 1. The van der Waals surface area contributed by atoms with Crippen molar-refractivity contribution in [2.75, 3.05) is 0 Å². The molecule has 0 spiro atoms. The Labute approximate surface area is 182 Å². The Morgan fingerprint density at radius 2 is 1.90 bits per heavy atom. The lowest BCUT2D eigenvalue weighted by molar-refractivity contribution is -0.385. The number of benzene rings is 2. The average molecular weight is 458 g/mol. The first kappa shape index (κ1) is 20.9. The molecule has 11 heteroatoms. The molecule has 0 unspecified atom stereocenters. The number of hydrogen-bond acceptors (Lipinski definition) is 6. The van der Waals surface area contributed by atoms with Crippen LogP contribution in [0.2, 0.25) is 5.02 Å². The zero-order chi connectivity index (χ0) is 22.0. The van der Waals surface area contributed by atoms with E-state index in [9.17, 15) is 18.5 Å². The van der Waals surface area contributed by atoms with Crippen LogP contribution in [0.3, 0.4) is 0 Å². The standard InChI is InChI=1S/C20H16ClN5O4S/c21-17-8-2-1-5-14(17)13-25-19(24-18-9-4-10-22-20(18)25)12-23-31(29,30)16-7-3-6-15(11-16)26(27)28/h1-11,23H,12-13H2. The van der Waals surface area contributed by atoms with E-state index in [1.807, 2.05) is 18.2 Å². The lowest BCUT2D eigenvalue weighted by atomic mass is 10.2. The van der Waals surface area contributed by atoms with Crippen LogP contribution in [0.15, 0.2) is 71.8 Å². The molecule has 0 atom stereocenters. The highest BCUT2D eigenvalue weighted by Crippen LogP contribution is 2.22. The van der Waals surface area contributed by atoms with Gasteiger partial charge in [-0.1, -0.05) is 35.9 Å². The molecule has 4 aromatic rings. The number of hydrogen-bond donors (Lipinski definition) is 1. The molecule has 1 N–H and O–H groups in total. The first-order chi connectivity index (χ1) is 14.8. The van der Waals surface area contributed by atoms with E-state index >= 15 is 0 Å². The van der Waals surface area contributed by atoms with Gasteiger partial charge < -0.3 is 4.57 Å². The maximum atomic E-state index is 12.7. The van der Waals surface area contributed by atoms with Crippen LogP contribution >= 0.6 is 11.6 Å². The average Bonchev–Trinajstić information content (AvgIpc) is 3.11. The molecule has 31 heavy (non-hydrogen) atoms. The lowest BCUT2D eigenvalue weighted by Crippen LogP contribution is -2.25. The van der Waals surface area contributed by atoms with Gasteiger partial charge in [-0.2, -0.15) is 0 Å². The van der Waals surface area contributed by atoms with Gasteiger partial charge >= 0.3 is 0 Å². The number of imidazole rings is 1. The summed E-state index contributed by atoms with van der Waals surface area (Å²) in [5.41, 5.74) is 1.72. The third-order valence-electron chi connectivity index (χ3n) is 4.63. The highest BCUT2D eigenvalue weighted by Gasteiger charge is 2.20. The Hall–Kier alpha value is -3.34. The van der Waals surface area contributed by atoms with Crippen LogP contribution in [0.25, 0.3) is 11.2 Å². The maximum Gasteiger partial charge on any atom is 0.270 e. The summed E-state index contributed by atoms with van der Waals surface area (Å²) in [6.45, 7) is 0.215. The first-order valence-corrected chi connectivity index (χ1v) is 11.0. The van der Waals surface area contributed by atoms with E-state index in [4.69, 9.17) is 11.6 Å². The Morgan fingerprint density at radius 1 is 1.10 bits per heavy atom. The monoisotopic (exact) mass is 457 g/mol. The van der Waals surface area contributed by atoms with E-state index in [0.29, 0.717) is 28.6 Å². The predicted molar refractivity (Wildman–Crippen MR) is 115 cm³/mol. The first-order valence-electron chi connectivity index (χ1n) is 9.13. The summed E-state index contributed by atoms with van der Waals surface area (Å²) < 4.78 is 29.7. The van der Waals surface area contributed by atoms with Gasteiger partial charge in [0, 0.05) is 23.4 Å². The zero-order valence-electron chi connectivity index (χ0n) is 16.0. The van der Waals surface area contributed by atoms with Crippen LogP contribution in [0.5, 0.6) is 0 Å². The molecule has 0 fully saturated rings. The van der Waals surface area contributed by atoms with Crippen molar-refractivity contribution in [3.63, 3.8) is 0 Å². The van der Waals surface area contributed by atoms with Crippen molar-refractivity contribution < 1.29 is 13.3 Å². The molecule has 0 saturated carbocycles. The van der Waals surface area contributed by atoms with Gasteiger partial charge in [0.25, 0.3) is 5.69 Å². The summed E-state index contributed by atoms with van der Waals surface area (Å²) in [7, 11) is -4.00. The number of halogens is 1. The fourth-order valence-corrected chi connectivity index (χ4v) is 4.33.